The monoisotopic (exact) mass is 220 g/mol. The van der Waals surface area contributed by atoms with Gasteiger partial charge in [-0.05, 0) is 12.8 Å². The van der Waals surface area contributed by atoms with Crippen molar-refractivity contribution in [2.45, 2.75) is 33.1 Å². The summed E-state index contributed by atoms with van der Waals surface area (Å²) in [7, 11) is -0.719. The summed E-state index contributed by atoms with van der Waals surface area (Å²) in [5, 5.41) is 0. The van der Waals surface area contributed by atoms with E-state index in [2.05, 4.69) is 4.74 Å². The number of ether oxygens (including phenoxy) is 1. The lowest BCUT2D eigenvalue weighted by Crippen LogP contribution is -2.07. The maximum Gasteiger partial charge on any atom is 0.305 e. The molecule has 0 amide bonds. The highest BCUT2D eigenvalue weighted by molar-refractivity contribution is 7.63. The van der Waals surface area contributed by atoms with Crippen molar-refractivity contribution in [2.75, 3.05) is 25.6 Å². The highest BCUT2D eigenvalue weighted by Crippen LogP contribution is 2.47. The van der Waals surface area contributed by atoms with Crippen molar-refractivity contribution < 1.29 is 14.1 Å². The van der Waals surface area contributed by atoms with E-state index in [1.807, 2.05) is 13.8 Å². The van der Waals surface area contributed by atoms with Crippen LogP contribution in [0.4, 0.5) is 0 Å². The molecular weight excluding hydrogens is 199 g/mol. The van der Waals surface area contributed by atoms with Crippen LogP contribution < -0.4 is 0 Å². The number of rotatable bonds is 7. The summed E-state index contributed by atoms with van der Waals surface area (Å²) in [6.45, 7) is 4.06. The van der Waals surface area contributed by atoms with E-state index >= 15 is 0 Å². The second kappa shape index (κ2) is 7.05. The number of carbonyl (C=O) groups is 1. The Morgan fingerprint density at radius 2 is 1.64 bits per heavy atom. The van der Waals surface area contributed by atoms with Crippen molar-refractivity contribution in [2.24, 2.45) is 0 Å². The molecule has 0 rings (SSSR count). The van der Waals surface area contributed by atoms with Crippen LogP contribution in [0.25, 0.3) is 0 Å². The van der Waals surface area contributed by atoms with Crippen molar-refractivity contribution in [1.82, 2.24) is 0 Å². The van der Waals surface area contributed by atoms with Crippen LogP contribution in [0.2, 0.25) is 0 Å². The fourth-order valence-corrected chi connectivity index (χ4v) is 4.44. The van der Waals surface area contributed by atoms with Crippen LogP contribution in [0.3, 0.4) is 0 Å². The summed E-state index contributed by atoms with van der Waals surface area (Å²) in [6.07, 6.45) is 4.20. The molecule has 0 spiro atoms. The average Bonchev–Trinajstić information content (AvgIpc) is 2.15. The van der Waals surface area contributed by atoms with Gasteiger partial charge >= 0.3 is 5.97 Å². The van der Waals surface area contributed by atoms with E-state index in [-0.39, 0.29) is 5.97 Å². The van der Waals surface area contributed by atoms with Crippen LogP contribution in [0, 0.1) is 0 Å². The van der Waals surface area contributed by atoms with E-state index in [1.165, 1.54) is 7.11 Å². The molecule has 0 aromatic rings. The SMILES string of the molecule is CCCP(=O)(CCC)CCC(=O)OC. The van der Waals surface area contributed by atoms with Crippen LogP contribution in [0.5, 0.6) is 0 Å². The Hall–Kier alpha value is -0.300. The minimum absolute atomic E-state index is 0.252. The van der Waals surface area contributed by atoms with Gasteiger partial charge in [-0.1, -0.05) is 13.8 Å². The number of hydrogen-bond donors (Lipinski definition) is 0. The van der Waals surface area contributed by atoms with Gasteiger partial charge in [0.05, 0.1) is 20.7 Å². The van der Waals surface area contributed by atoms with Gasteiger partial charge < -0.3 is 9.30 Å². The van der Waals surface area contributed by atoms with Gasteiger partial charge in [0.2, 0.25) is 0 Å². The molecule has 0 saturated carbocycles. The minimum Gasteiger partial charge on any atom is -0.469 e. The topological polar surface area (TPSA) is 43.4 Å². The number of methoxy groups -OCH3 is 1. The molecule has 0 aliphatic heterocycles. The highest BCUT2D eigenvalue weighted by Gasteiger charge is 2.21. The predicted octanol–water partition coefficient (Wildman–Crippen LogP) is 2.73. The molecule has 84 valence electrons. The molecule has 4 heteroatoms. The molecule has 0 bridgehead atoms. The van der Waals surface area contributed by atoms with Crippen molar-refractivity contribution in [3.8, 4) is 0 Å². The summed E-state index contributed by atoms with van der Waals surface area (Å²) in [6, 6.07) is 0. The Balaban J connectivity index is 4.08. The normalized spacial score (nSPS) is 11.4. The zero-order valence-electron chi connectivity index (χ0n) is 9.41. The third-order valence-corrected chi connectivity index (χ3v) is 5.78. The van der Waals surface area contributed by atoms with Crippen LogP contribution in [-0.4, -0.2) is 31.6 Å². The first kappa shape index (κ1) is 13.7. The van der Waals surface area contributed by atoms with E-state index in [0.717, 1.165) is 25.2 Å². The van der Waals surface area contributed by atoms with Crippen LogP contribution in [-0.2, 0) is 14.1 Å². The molecule has 0 atom stereocenters. The first-order valence-corrected chi connectivity index (χ1v) is 7.48. The Labute approximate surface area is 86.6 Å². The van der Waals surface area contributed by atoms with Gasteiger partial charge in [0.1, 0.15) is 0 Å². The van der Waals surface area contributed by atoms with E-state index in [9.17, 15) is 9.36 Å². The van der Waals surface area contributed by atoms with Crippen molar-refractivity contribution in [1.29, 1.82) is 0 Å². The number of esters is 1. The van der Waals surface area contributed by atoms with Crippen molar-refractivity contribution in [3.63, 3.8) is 0 Å². The Bertz CT molecular complexity index is 203. The molecular formula is C10H21O3P. The second-order valence-corrected chi connectivity index (χ2v) is 7.01. The Morgan fingerprint density at radius 3 is 2.00 bits per heavy atom. The van der Waals surface area contributed by atoms with Gasteiger partial charge in [-0.3, -0.25) is 4.79 Å². The summed E-state index contributed by atoms with van der Waals surface area (Å²) in [4.78, 5) is 10.9. The maximum atomic E-state index is 12.2. The van der Waals surface area contributed by atoms with E-state index < -0.39 is 7.14 Å². The fourth-order valence-electron chi connectivity index (χ4n) is 1.55. The van der Waals surface area contributed by atoms with Gasteiger partial charge in [0, 0.05) is 18.5 Å². The molecule has 0 heterocycles. The minimum atomic E-state index is -2.09. The predicted molar refractivity (Wildman–Crippen MR) is 59.4 cm³/mol. The number of hydrogen-bond acceptors (Lipinski definition) is 3. The van der Waals surface area contributed by atoms with Crippen molar-refractivity contribution >= 4 is 13.1 Å². The van der Waals surface area contributed by atoms with Gasteiger partial charge in [0.25, 0.3) is 0 Å². The van der Waals surface area contributed by atoms with Gasteiger partial charge in [0.15, 0.2) is 0 Å². The second-order valence-electron chi connectivity index (χ2n) is 3.56. The van der Waals surface area contributed by atoms with E-state index in [0.29, 0.717) is 12.6 Å². The fraction of sp³-hybridized carbons (Fsp3) is 0.900. The molecule has 0 aromatic heterocycles. The molecule has 0 saturated heterocycles. The lowest BCUT2D eigenvalue weighted by molar-refractivity contribution is -0.140. The van der Waals surface area contributed by atoms with Crippen LogP contribution in [0.1, 0.15) is 33.1 Å². The third-order valence-electron chi connectivity index (χ3n) is 2.21. The molecule has 0 fully saturated rings. The quantitative estimate of drug-likeness (QED) is 0.489. The lowest BCUT2D eigenvalue weighted by atomic mass is 10.5. The van der Waals surface area contributed by atoms with E-state index in [4.69, 9.17) is 0 Å². The van der Waals surface area contributed by atoms with Gasteiger partial charge in [-0.25, -0.2) is 0 Å². The largest absolute Gasteiger partial charge is 0.469 e. The first-order valence-electron chi connectivity index (χ1n) is 5.22. The number of carbonyl (C=O) groups excluding carboxylic acids is 1. The maximum absolute atomic E-state index is 12.2. The smallest absolute Gasteiger partial charge is 0.305 e. The molecule has 14 heavy (non-hydrogen) atoms. The lowest BCUT2D eigenvalue weighted by Gasteiger charge is -2.15. The van der Waals surface area contributed by atoms with Crippen molar-refractivity contribution in [3.05, 3.63) is 0 Å². The van der Waals surface area contributed by atoms with Gasteiger partial charge in [-0.2, -0.15) is 0 Å². The average molecular weight is 220 g/mol. The van der Waals surface area contributed by atoms with Crippen LogP contribution >= 0.6 is 7.14 Å². The molecule has 0 N–H and O–H groups in total. The first-order chi connectivity index (χ1) is 6.58. The molecule has 0 aliphatic carbocycles. The Kier molecular flexibility index (Phi) is 6.90. The third kappa shape index (κ3) is 5.43. The van der Waals surface area contributed by atoms with Gasteiger partial charge in [-0.15, -0.1) is 0 Å². The zero-order valence-corrected chi connectivity index (χ0v) is 10.3. The molecule has 0 radical (unpaired) electrons. The summed E-state index contributed by atoms with van der Waals surface area (Å²) >= 11 is 0. The zero-order chi connectivity index (χ0) is 11.0. The Morgan fingerprint density at radius 1 is 1.14 bits per heavy atom. The standard InChI is InChI=1S/C10H21O3P/c1-4-7-14(12,8-5-2)9-6-10(11)13-3/h4-9H2,1-3H3. The molecule has 0 aromatic carbocycles. The summed E-state index contributed by atoms with van der Waals surface area (Å²) in [5.41, 5.74) is 0. The van der Waals surface area contributed by atoms with Crippen LogP contribution in [0.15, 0.2) is 0 Å². The summed E-state index contributed by atoms with van der Waals surface area (Å²) < 4.78 is 16.8. The summed E-state index contributed by atoms with van der Waals surface area (Å²) in [5.74, 6) is -0.252. The molecule has 3 nitrogen and oxygen atoms in total. The van der Waals surface area contributed by atoms with E-state index in [1.54, 1.807) is 0 Å². The molecule has 0 unspecified atom stereocenters. The highest BCUT2D eigenvalue weighted by atomic mass is 31.2. The molecule has 0 aliphatic rings.